The van der Waals surface area contributed by atoms with Gasteiger partial charge in [-0.05, 0) is 79.2 Å². The quantitative estimate of drug-likeness (QED) is 0.535. The van der Waals surface area contributed by atoms with Gasteiger partial charge in [-0.1, -0.05) is 39.5 Å². The molecule has 8 nitrogen and oxygen atoms in total. The van der Waals surface area contributed by atoms with Gasteiger partial charge < -0.3 is 10.0 Å². The van der Waals surface area contributed by atoms with Gasteiger partial charge in [-0.15, -0.1) is 16.4 Å². The average molecular weight is 520 g/mol. The minimum atomic E-state index is -0.949. The van der Waals surface area contributed by atoms with Gasteiger partial charge in [0.2, 0.25) is 11.1 Å². The van der Waals surface area contributed by atoms with Crippen molar-refractivity contribution < 1.29 is 14.7 Å². The van der Waals surface area contributed by atoms with Gasteiger partial charge in [-0.3, -0.25) is 4.79 Å². The lowest BCUT2D eigenvalue weighted by Crippen LogP contribution is -2.46. The number of aromatic nitrogens is 4. The molecule has 2 fully saturated rings. The van der Waals surface area contributed by atoms with E-state index in [-0.39, 0.29) is 28.2 Å². The molecule has 0 aromatic carbocycles. The van der Waals surface area contributed by atoms with Crippen molar-refractivity contribution in [3.63, 3.8) is 0 Å². The number of carboxylic acid groups (broad SMARTS) is 1. The first-order valence-electron chi connectivity index (χ1n) is 12.6. The number of amides is 1. The molecule has 0 aliphatic heterocycles. The second kappa shape index (κ2) is 10.6. The summed E-state index contributed by atoms with van der Waals surface area (Å²) in [7, 11) is 1.84. The third kappa shape index (κ3) is 5.90. The predicted octanol–water partition coefficient (Wildman–Crippen LogP) is 5.53. The molecule has 2 heterocycles. The van der Waals surface area contributed by atoms with E-state index in [1.54, 1.807) is 16.4 Å². The Morgan fingerprint density at radius 2 is 1.77 bits per heavy atom. The lowest BCUT2D eigenvalue weighted by Gasteiger charge is -2.39. The molecule has 0 saturated heterocycles. The third-order valence-electron chi connectivity index (χ3n) is 7.37. The SMILES string of the molecule is Cn1nnnc1S[C@H]1CC[C@@H](N(c2cc(C(C)(C)C)sc2C(=O)O)C(=O)[C@H]2CC[C@H](C)CC2)CC1. The van der Waals surface area contributed by atoms with Crippen molar-refractivity contribution in [2.75, 3.05) is 4.90 Å². The molecule has 4 rings (SSSR count). The molecule has 0 unspecified atom stereocenters. The second-order valence-corrected chi connectivity index (χ2v) is 13.5. The lowest BCUT2D eigenvalue weighted by atomic mass is 9.81. The smallest absolute Gasteiger partial charge is 0.348 e. The summed E-state index contributed by atoms with van der Waals surface area (Å²) >= 11 is 3.00. The third-order valence-corrected chi connectivity index (χ3v) is 10.3. The van der Waals surface area contributed by atoms with Gasteiger partial charge in [0.05, 0.1) is 5.69 Å². The largest absolute Gasteiger partial charge is 0.477 e. The molecular formula is C25H37N5O3S2. The van der Waals surface area contributed by atoms with E-state index in [0.29, 0.717) is 16.9 Å². The molecule has 2 aromatic heterocycles. The number of anilines is 1. The fourth-order valence-electron chi connectivity index (χ4n) is 5.17. The van der Waals surface area contributed by atoms with E-state index in [1.807, 2.05) is 18.0 Å². The van der Waals surface area contributed by atoms with Crippen LogP contribution in [0.2, 0.25) is 0 Å². The Morgan fingerprint density at radius 3 is 2.31 bits per heavy atom. The van der Waals surface area contributed by atoms with Crippen LogP contribution >= 0.6 is 23.1 Å². The van der Waals surface area contributed by atoms with Crippen LogP contribution in [0.25, 0.3) is 0 Å². The number of carbonyl (C=O) groups is 2. The zero-order valence-corrected chi connectivity index (χ0v) is 23.0. The maximum atomic E-state index is 14.0. The van der Waals surface area contributed by atoms with E-state index < -0.39 is 5.97 Å². The predicted molar refractivity (Wildman–Crippen MR) is 139 cm³/mol. The number of tetrazole rings is 1. The summed E-state index contributed by atoms with van der Waals surface area (Å²) in [6, 6.07) is 1.99. The normalized spacial score (nSPS) is 25.4. The van der Waals surface area contributed by atoms with Crippen molar-refractivity contribution in [1.82, 2.24) is 20.2 Å². The average Bonchev–Trinajstić information content (AvgIpc) is 3.42. The van der Waals surface area contributed by atoms with Crippen LogP contribution in [0.1, 0.15) is 93.6 Å². The molecule has 35 heavy (non-hydrogen) atoms. The molecule has 0 atom stereocenters. The van der Waals surface area contributed by atoms with E-state index in [2.05, 4.69) is 43.2 Å². The number of aromatic carboxylic acids is 1. The van der Waals surface area contributed by atoms with Crippen LogP contribution in [0, 0.1) is 11.8 Å². The first-order valence-corrected chi connectivity index (χ1v) is 14.3. The summed E-state index contributed by atoms with van der Waals surface area (Å²) < 4.78 is 1.69. The Hall–Kier alpha value is -1.94. The molecule has 2 aliphatic rings. The molecule has 0 bridgehead atoms. The van der Waals surface area contributed by atoms with E-state index >= 15 is 0 Å². The summed E-state index contributed by atoms with van der Waals surface area (Å²) in [6.07, 6.45) is 7.46. The molecule has 1 N–H and O–H groups in total. The highest BCUT2D eigenvalue weighted by Crippen LogP contribution is 2.43. The van der Waals surface area contributed by atoms with Gasteiger partial charge in [0, 0.05) is 29.1 Å². The summed E-state index contributed by atoms with van der Waals surface area (Å²) in [5, 5.41) is 23.0. The zero-order chi connectivity index (χ0) is 25.3. The Balaban J connectivity index is 1.61. The number of hydrogen-bond acceptors (Lipinski definition) is 7. The van der Waals surface area contributed by atoms with Crippen molar-refractivity contribution in [3.05, 3.63) is 15.8 Å². The highest BCUT2D eigenvalue weighted by molar-refractivity contribution is 7.99. The van der Waals surface area contributed by atoms with Crippen molar-refractivity contribution in [3.8, 4) is 0 Å². The van der Waals surface area contributed by atoms with Gasteiger partial charge in [0.25, 0.3) is 0 Å². The molecule has 2 aromatic rings. The monoisotopic (exact) mass is 519 g/mol. The van der Waals surface area contributed by atoms with Crippen LogP contribution in [0.4, 0.5) is 5.69 Å². The molecule has 10 heteroatoms. The van der Waals surface area contributed by atoms with Crippen LogP contribution in [-0.2, 0) is 17.3 Å². The number of aryl methyl sites for hydroxylation is 1. The first-order chi connectivity index (χ1) is 16.5. The van der Waals surface area contributed by atoms with Crippen LogP contribution in [0.3, 0.4) is 0 Å². The number of rotatable bonds is 6. The van der Waals surface area contributed by atoms with E-state index in [4.69, 9.17) is 0 Å². The molecule has 2 saturated carbocycles. The summed E-state index contributed by atoms with van der Waals surface area (Å²) in [4.78, 5) is 29.5. The summed E-state index contributed by atoms with van der Waals surface area (Å²) in [6.45, 7) is 8.52. The second-order valence-electron chi connectivity index (χ2n) is 11.2. The van der Waals surface area contributed by atoms with Gasteiger partial charge in [0.15, 0.2) is 0 Å². The fourth-order valence-corrected chi connectivity index (χ4v) is 7.30. The highest BCUT2D eigenvalue weighted by atomic mass is 32.2. The Labute approximate surface area is 215 Å². The molecule has 0 spiro atoms. The van der Waals surface area contributed by atoms with Gasteiger partial charge in [0.1, 0.15) is 4.88 Å². The van der Waals surface area contributed by atoms with Crippen molar-refractivity contribution in [2.45, 2.75) is 101 Å². The highest BCUT2D eigenvalue weighted by Gasteiger charge is 2.38. The van der Waals surface area contributed by atoms with E-state index in [0.717, 1.165) is 61.4 Å². The van der Waals surface area contributed by atoms with Crippen LogP contribution in [0.5, 0.6) is 0 Å². The molecular weight excluding hydrogens is 482 g/mol. The zero-order valence-electron chi connectivity index (χ0n) is 21.4. The maximum absolute atomic E-state index is 14.0. The topological polar surface area (TPSA) is 101 Å². The Bertz CT molecular complexity index is 1040. The molecule has 0 radical (unpaired) electrons. The lowest BCUT2D eigenvalue weighted by molar-refractivity contribution is -0.124. The number of hydrogen-bond donors (Lipinski definition) is 1. The molecule has 1 amide bonds. The minimum Gasteiger partial charge on any atom is -0.477 e. The van der Waals surface area contributed by atoms with Gasteiger partial charge in [-0.25, -0.2) is 9.48 Å². The standard InChI is InChI=1S/C25H37N5O3S2/c1-15-6-8-16(9-7-15)22(31)30(19-14-20(25(2,3)4)35-21(19)23(32)33)17-10-12-18(13-11-17)34-24-26-27-28-29(24)5/h14-18H,6-13H2,1-5H3,(H,32,33)/t15-,16-,17-,18+. The minimum absolute atomic E-state index is 0.0110. The summed E-state index contributed by atoms with van der Waals surface area (Å²) in [5.74, 6) is -0.207. The number of thiophene rings is 1. The van der Waals surface area contributed by atoms with Gasteiger partial charge >= 0.3 is 5.97 Å². The van der Waals surface area contributed by atoms with Crippen molar-refractivity contribution >= 4 is 40.7 Å². The number of carboxylic acids is 1. The molecule has 2 aliphatic carbocycles. The number of thioether (sulfide) groups is 1. The van der Waals surface area contributed by atoms with E-state index in [1.165, 1.54) is 11.3 Å². The van der Waals surface area contributed by atoms with Crippen LogP contribution < -0.4 is 4.90 Å². The van der Waals surface area contributed by atoms with Crippen LogP contribution in [0.15, 0.2) is 11.2 Å². The maximum Gasteiger partial charge on any atom is 0.348 e. The molecule has 192 valence electrons. The fraction of sp³-hybridized carbons (Fsp3) is 0.720. The van der Waals surface area contributed by atoms with E-state index in [9.17, 15) is 14.7 Å². The van der Waals surface area contributed by atoms with Gasteiger partial charge in [-0.2, -0.15) is 0 Å². The Kier molecular flexibility index (Phi) is 7.90. The summed E-state index contributed by atoms with van der Waals surface area (Å²) in [5.41, 5.74) is 0.422. The first kappa shape index (κ1) is 26.1. The van der Waals surface area contributed by atoms with Crippen LogP contribution in [-0.4, -0.2) is 48.5 Å². The van der Waals surface area contributed by atoms with Crippen molar-refractivity contribution in [1.29, 1.82) is 0 Å². The Morgan fingerprint density at radius 1 is 1.11 bits per heavy atom. The number of nitrogens with zero attached hydrogens (tertiary/aromatic N) is 5. The van der Waals surface area contributed by atoms with Crippen molar-refractivity contribution in [2.24, 2.45) is 18.9 Å². The number of carbonyl (C=O) groups excluding carboxylic acids is 1.